The summed E-state index contributed by atoms with van der Waals surface area (Å²) in [5, 5.41) is 0. The van der Waals surface area contributed by atoms with Gasteiger partial charge in [-0.25, -0.2) is 0 Å². The van der Waals surface area contributed by atoms with Gasteiger partial charge >= 0.3 is 101 Å². The first-order chi connectivity index (χ1) is 2.00. The summed E-state index contributed by atoms with van der Waals surface area (Å²) in [6.07, 6.45) is 0. The molecule has 0 fully saturated rings. The van der Waals surface area contributed by atoms with Crippen molar-refractivity contribution in [2.45, 2.75) is 0 Å². The van der Waals surface area contributed by atoms with Crippen LogP contribution in [-0.2, 0) is 38.7 Å². The predicted octanol–water partition coefficient (Wildman–Crippen LogP) is -6.38. The molecule has 0 aromatic heterocycles. The second kappa shape index (κ2) is 18.2. The minimum Gasteiger partial charge on any atom is -0.870 e. The van der Waals surface area contributed by atoms with Crippen molar-refractivity contribution in [2.75, 3.05) is 0 Å². The molecule has 1 N–H and O–H groups in total. The van der Waals surface area contributed by atoms with Gasteiger partial charge in [-0.3, -0.25) is 0 Å². The molecule has 0 aromatic rings. The molecule has 51 valence electrons. The van der Waals surface area contributed by atoms with Gasteiger partial charge in [-0.15, -0.1) is 0 Å². The quantitative estimate of drug-likeness (QED) is 0.324. The number of phosphoric acid groups is 1. The van der Waals surface area contributed by atoms with E-state index >= 15 is 0 Å². The minimum atomic E-state index is -5.39. The van der Waals surface area contributed by atoms with E-state index in [0.717, 1.165) is 0 Å². The maximum absolute atomic E-state index is 8.55. The Morgan fingerprint density at radius 3 is 1.10 bits per heavy atom. The maximum atomic E-state index is 8.55. The number of rotatable bonds is 0. The van der Waals surface area contributed by atoms with Crippen LogP contribution in [0, 0.1) is 0 Å². The average Bonchev–Trinajstić information content (AvgIpc) is 0.722. The fourth-order valence-corrected chi connectivity index (χ4v) is 0. The van der Waals surface area contributed by atoms with E-state index in [1.54, 1.807) is 0 Å². The van der Waals surface area contributed by atoms with E-state index in [2.05, 4.69) is 0 Å². The van der Waals surface area contributed by atoms with Crippen LogP contribution in [0.4, 0.5) is 0 Å². The summed E-state index contributed by atoms with van der Waals surface area (Å²) in [5.74, 6) is 0. The molecule has 10 heteroatoms. The molecule has 0 atom stereocenters. The second-order valence-corrected chi connectivity index (χ2v) is 1.34. The molecule has 5 nitrogen and oxygen atoms in total. The standard InChI is InChI=1S/Ca.Fe.Mn.Na.H3O4P.H2O/c;;;;1-5(2,3)4;/h;;;;(H3,1,2,3,4);1H2/q3*+2;+1;;/p-4. The van der Waals surface area contributed by atoms with Crippen molar-refractivity contribution in [2.24, 2.45) is 0 Å². The largest absolute Gasteiger partial charge is 2.00 e. The Bertz CT molecular complexity index is 67.8. The van der Waals surface area contributed by atoms with Gasteiger partial charge in [0.1, 0.15) is 0 Å². The van der Waals surface area contributed by atoms with E-state index in [1.807, 2.05) is 0 Å². The minimum absolute atomic E-state index is 0. The van der Waals surface area contributed by atoms with Crippen LogP contribution in [0.5, 0.6) is 0 Å². The van der Waals surface area contributed by atoms with E-state index < -0.39 is 7.82 Å². The molecule has 0 amide bonds. The Morgan fingerprint density at radius 2 is 1.10 bits per heavy atom. The van der Waals surface area contributed by atoms with Gasteiger partial charge in [-0.05, 0) is 0 Å². The van der Waals surface area contributed by atoms with Crippen LogP contribution in [0.1, 0.15) is 0 Å². The van der Waals surface area contributed by atoms with Crippen molar-refractivity contribution in [3.8, 4) is 0 Å². The van der Waals surface area contributed by atoms with E-state index in [9.17, 15) is 0 Å². The SMILES string of the molecule is O=P([O-])([O-])[O-].[Ca+2].[Fe+2].[Mn+2].[Na+].[OH-]. The predicted molar refractivity (Wildman–Crippen MR) is 15.3 cm³/mol. The number of hydrogen-bond donors (Lipinski definition) is 0. The van der Waals surface area contributed by atoms with Crippen LogP contribution in [0.25, 0.3) is 0 Å². The Hall–Kier alpha value is 3.37. The Morgan fingerprint density at radius 1 is 1.10 bits per heavy atom. The first-order valence-corrected chi connectivity index (χ1v) is 2.19. The zero-order chi connectivity index (χ0) is 4.50. The molecule has 0 aliphatic rings. The molecule has 0 aliphatic carbocycles. The summed E-state index contributed by atoms with van der Waals surface area (Å²) in [7, 11) is -5.39. The van der Waals surface area contributed by atoms with Gasteiger partial charge in [0.2, 0.25) is 0 Å². The van der Waals surface area contributed by atoms with Gasteiger partial charge in [0.05, 0.1) is 0 Å². The summed E-state index contributed by atoms with van der Waals surface area (Å²) >= 11 is 0. The first kappa shape index (κ1) is 37.7. The van der Waals surface area contributed by atoms with Crippen LogP contribution in [-0.4, -0.2) is 43.2 Å². The molecule has 0 aliphatic heterocycles. The molecule has 0 heterocycles. The van der Waals surface area contributed by atoms with Gasteiger partial charge in [0, 0.05) is 0 Å². The molecule has 1 radical (unpaired) electrons. The van der Waals surface area contributed by atoms with Crippen molar-refractivity contribution in [3.63, 3.8) is 0 Å². The molecule has 0 saturated carbocycles. The van der Waals surface area contributed by atoms with Crippen molar-refractivity contribution < 1.29 is 88.4 Å². The van der Waals surface area contributed by atoms with Crippen molar-refractivity contribution in [3.05, 3.63) is 0 Å². The molecule has 10 heavy (non-hydrogen) atoms. The Balaban J connectivity index is -0.00000000800. The monoisotopic (exact) mass is 286 g/mol. The Kier molecular flexibility index (Phi) is 68.6. The van der Waals surface area contributed by atoms with E-state index in [1.165, 1.54) is 0 Å². The normalized spacial score (nSPS) is 5.90. The van der Waals surface area contributed by atoms with Gasteiger partial charge in [0.15, 0.2) is 0 Å². The molecule has 0 bridgehead atoms. The van der Waals surface area contributed by atoms with Gasteiger partial charge < -0.3 is 24.7 Å². The third-order valence-corrected chi connectivity index (χ3v) is 0. The maximum Gasteiger partial charge on any atom is 2.00 e. The fourth-order valence-electron chi connectivity index (χ4n) is 0. The topological polar surface area (TPSA) is 116 Å². The smallest absolute Gasteiger partial charge is 0.870 e. The van der Waals surface area contributed by atoms with Crippen molar-refractivity contribution in [1.29, 1.82) is 0 Å². The Labute approximate surface area is 132 Å². The van der Waals surface area contributed by atoms with Gasteiger partial charge in [-0.2, -0.15) is 7.82 Å². The first-order valence-electron chi connectivity index (χ1n) is 0.730. The van der Waals surface area contributed by atoms with E-state index in [4.69, 9.17) is 19.2 Å². The summed E-state index contributed by atoms with van der Waals surface area (Å²) in [4.78, 5) is 25.6. The molecular weight excluding hydrogens is 285 g/mol. The second-order valence-electron chi connectivity index (χ2n) is 0.447. The van der Waals surface area contributed by atoms with Gasteiger partial charge in [0.25, 0.3) is 0 Å². The number of hydrogen-bond acceptors (Lipinski definition) is 5. The van der Waals surface area contributed by atoms with Gasteiger partial charge in [-0.1, -0.05) is 0 Å². The summed E-state index contributed by atoms with van der Waals surface area (Å²) in [6.45, 7) is 0. The fraction of sp³-hybridized carbons (Fsp3) is 0. The zero-order valence-electron chi connectivity index (χ0n) is 4.97. The van der Waals surface area contributed by atoms with E-state index in [0.29, 0.717) is 0 Å². The summed E-state index contributed by atoms with van der Waals surface area (Å²) in [6, 6.07) is 0. The van der Waals surface area contributed by atoms with Crippen LogP contribution in [0.15, 0.2) is 0 Å². The molecule has 0 unspecified atom stereocenters. The molecule has 0 spiro atoms. The summed E-state index contributed by atoms with van der Waals surface area (Å²) in [5.41, 5.74) is 0. The molecular formula is HCaFeMnNaO5P+3. The van der Waals surface area contributed by atoms with Crippen molar-refractivity contribution >= 4 is 45.6 Å². The molecule has 0 aromatic carbocycles. The molecule has 0 rings (SSSR count). The van der Waals surface area contributed by atoms with Crippen molar-refractivity contribution in [1.82, 2.24) is 0 Å². The van der Waals surface area contributed by atoms with Crippen LogP contribution in [0.2, 0.25) is 0 Å². The van der Waals surface area contributed by atoms with Crippen LogP contribution >= 0.6 is 7.82 Å². The van der Waals surface area contributed by atoms with Crippen LogP contribution in [0.3, 0.4) is 0 Å². The average molecular weight is 286 g/mol. The zero-order valence-corrected chi connectivity index (χ0v) is 12.4. The molecule has 0 saturated heterocycles. The third-order valence-electron chi connectivity index (χ3n) is 0. The van der Waals surface area contributed by atoms with Crippen LogP contribution < -0.4 is 44.2 Å². The van der Waals surface area contributed by atoms with E-state index in [-0.39, 0.29) is 107 Å². The third kappa shape index (κ3) is 108. The summed E-state index contributed by atoms with van der Waals surface area (Å²) < 4.78 is 8.55.